The molecule has 3 unspecified atom stereocenters. The minimum absolute atomic E-state index is 0. The lowest BCUT2D eigenvalue weighted by Gasteiger charge is -2.37. The number of urea groups is 1. The van der Waals surface area contributed by atoms with Crippen LogP contribution < -0.4 is 22.1 Å². The summed E-state index contributed by atoms with van der Waals surface area (Å²) < 4.78 is 1.47. The molecule has 3 amide bonds. The van der Waals surface area contributed by atoms with Crippen molar-refractivity contribution in [3.05, 3.63) is 52.6 Å². The summed E-state index contributed by atoms with van der Waals surface area (Å²) in [6.45, 7) is 10.8. The maximum atomic E-state index is 12.8. The maximum absolute atomic E-state index is 12.8. The number of hydrogen-bond acceptors (Lipinski definition) is 7. The third-order valence-electron chi connectivity index (χ3n) is 8.65. The summed E-state index contributed by atoms with van der Waals surface area (Å²) in [5, 5.41) is 6.02. The van der Waals surface area contributed by atoms with E-state index in [0.717, 1.165) is 36.4 Å². The Labute approximate surface area is 247 Å². The van der Waals surface area contributed by atoms with Crippen molar-refractivity contribution in [1.82, 2.24) is 29.6 Å². The number of nitrogens with two attached hydrogens (primary N) is 1. The summed E-state index contributed by atoms with van der Waals surface area (Å²) in [4.78, 5) is 47.8. The number of nitrogens with zero attached hydrogens (tertiary/aromatic N) is 5. The smallest absolute Gasteiger partial charge is 0.338 e. The van der Waals surface area contributed by atoms with Gasteiger partial charge in [-0.1, -0.05) is 12.1 Å². The Bertz CT molecular complexity index is 1270. The minimum atomic E-state index is -0.943. The van der Waals surface area contributed by atoms with Crippen molar-refractivity contribution in [3.8, 4) is 5.69 Å². The van der Waals surface area contributed by atoms with Crippen molar-refractivity contribution >= 4 is 30.2 Å². The van der Waals surface area contributed by atoms with Crippen LogP contribution in [0.15, 0.2) is 41.3 Å². The highest BCUT2D eigenvalue weighted by Crippen LogP contribution is 2.51. The van der Waals surface area contributed by atoms with E-state index >= 15 is 0 Å². The van der Waals surface area contributed by atoms with Crippen molar-refractivity contribution in [2.45, 2.75) is 38.8 Å². The lowest BCUT2D eigenvalue weighted by atomic mass is 10.0. The van der Waals surface area contributed by atoms with E-state index < -0.39 is 11.2 Å². The molecule has 11 nitrogen and oxygen atoms in total. The number of fused-ring (bicyclic) bond motifs is 1. The maximum Gasteiger partial charge on any atom is 0.354 e. The zero-order chi connectivity index (χ0) is 28.6. The van der Waals surface area contributed by atoms with E-state index in [2.05, 4.69) is 39.6 Å². The van der Waals surface area contributed by atoms with Gasteiger partial charge in [-0.15, -0.1) is 12.4 Å². The van der Waals surface area contributed by atoms with Gasteiger partial charge >= 0.3 is 11.7 Å². The Morgan fingerprint density at radius 3 is 2.22 bits per heavy atom. The van der Waals surface area contributed by atoms with Gasteiger partial charge in [0, 0.05) is 51.5 Å². The molecular formula is C29H43ClN8O3. The number of rotatable bonds is 8. The van der Waals surface area contributed by atoms with Crippen molar-refractivity contribution in [2.24, 2.45) is 23.5 Å². The normalized spacial score (nSPS) is 23.0. The van der Waals surface area contributed by atoms with E-state index in [1.807, 2.05) is 19.2 Å². The summed E-state index contributed by atoms with van der Waals surface area (Å²) in [5.41, 5.74) is 6.48. The van der Waals surface area contributed by atoms with Crippen LogP contribution in [0.3, 0.4) is 0 Å². The molecule has 1 aromatic carbocycles. The van der Waals surface area contributed by atoms with Crippen LogP contribution in [0.25, 0.3) is 5.69 Å². The molecule has 3 atom stereocenters. The number of aromatic nitrogens is 2. The van der Waals surface area contributed by atoms with E-state index in [-0.39, 0.29) is 30.2 Å². The van der Waals surface area contributed by atoms with Crippen LogP contribution in [0.2, 0.25) is 0 Å². The zero-order valence-corrected chi connectivity index (χ0v) is 25.2. The third kappa shape index (κ3) is 6.91. The molecule has 12 heteroatoms. The standard InChI is InChI=1S/C29H42N8O3.ClH/c1-19(36-17-23-22(16-31-4)24(23)18-36)15-20-5-7-21(8-6-20)37-10-9-25(33-28(37)40)32-27(39)35-13-11-34(12-14-35)26(38)29(2,3)30;/h5-10,19,22-24,31H,11-18,30H2,1-4H3,(H,32,33,39,40);1H. The van der Waals surface area contributed by atoms with Gasteiger partial charge in [-0.2, -0.15) is 4.98 Å². The van der Waals surface area contributed by atoms with E-state index in [4.69, 9.17) is 5.73 Å². The molecule has 1 aliphatic carbocycles. The molecule has 1 saturated carbocycles. The number of carbonyl (C=O) groups is 2. The highest BCUT2D eigenvalue weighted by Gasteiger charge is 2.55. The molecule has 4 N–H and O–H groups in total. The number of piperazine rings is 1. The largest absolute Gasteiger partial charge is 0.354 e. The minimum Gasteiger partial charge on any atom is -0.338 e. The number of carbonyl (C=O) groups excluding carboxylic acids is 2. The highest BCUT2D eigenvalue weighted by molar-refractivity contribution is 5.89. The van der Waals surface area contributed by atoms with Crippen LogP contribution in [0.5, 0.6) is 0 Å². The SMILES string of the molecule is CNCC1C2CN(C(C)Cc3ccc(-n4ccc(NC(=O)N5CCN(C(=O)C(C)(C)N)CC5)nc4=O)cc3)CC12.Cl. The topological polar surface area (TPSA) is 129 Å². The Kier molecular flexibility index (Phi) is 9.42. The van der Waals surface area contributed by atoms with Gasteiger partial charge in [0.25, 0.3) is 0 Å². The van der Waals surface area contributed by atoms with Gasteiger partial charge < -0.3 is 20.9 Å². The number of nitrogens with one attached hydrogen (secondary N) is 2. The number of benzene rings is 1. The molecule has 3 fully saturated rings. The number of piperidine rings is 1. The van der Waals surface area contributed by atoms with Gasteiger partial charge in [0.2, 0.25) is 5.91 Å². The first-order valence-corrected chi connectivity index (χ1v) is 14.3. The van der Waals surface area contributed by atoms with Gasteiger partial charge in [0.05, 0.1) is 11.2 Å². The van der Waals surface area contributed by atoms with Crippen LogP contribution in [0.1, 0.15) is 26.3 Å². The monoisotopic (exact) mass is 586 g/mol. The number of likely N-dealkylation sites (tertiary alicyclic amines) is 1. The molecule has 224 valence electrons. The highest BCUT2D eigenvalue weighted by atomic mass is 35.5. The lowest BCUT2D eigenvalue weighted by molar-refractivity contribution is -0.137. The van der Waals surface area contributed by atoms with Crippen molar-refractivity contribution < 1.29 is 9.59 Å². The molecule has 2 saturated heterocycles. The van der Waals surface area contributed by atoms with E-state index in [0.29, 0.717) is 32.2 Å². The predicted molar refractivity (Wildman–Crippen MR) is 162 cm³/mol. The second kappa shape index (κ2) is 12.5. The van der Waals surface area contributed by atoms with Crippen LogP contribution in [0, 0.1) is 17.8 Å². The van der Waals surface area contributed by atoms with E-state index in [1.54, 1.807) is 35.9 Å². The average molecular weight is 587 g/mol. The van der Waals surface area contributed by atoms with Gasteiger partial charge in [-0.05, 0) is 82.3 Å². The quantitative estimate of drug-likeness (QED) is 0.426. The fourth-order valence-electron chi connectivity index (χ4n) is 6.22. The fraction of sp³-hybridized carbons (Fsp3) is 0.586. The molecular weight excluding hydrogens is 544 g/mol. The first kappa shape index (κ1) is 31.0. The number of hydrogen-bond donors (Lipinski definition) is 3. The number of anilines is 1. The van der Waals surface area contributed by atoms with Gasteiger partial charge in [0.1, 0.15) is 5.82 Å². The summed E-state index contributed by atoms with van der Waals surface area (Å²) >= 11 is 0. The molecule has 1 aromatic heterocycles. The summed E-state index contributed by atoms with van der Waals surface area (Å²) in [6, 6.07) is 9.78. The molecule has 2 aliphatic heterocycles. The van der Waals surface area contributed by atoms with Gasteiger partial charge in [0.15, 0.2) is 0 Å². The molecule has 3 heterocycles. The van der Waals surface area contributed by atoms with Crippen LogP contribution in [0.4, 0.5) is 10.6 Å². The summed E-state index contributed by atoms with van der Waals surface area (Å²) in [5.74, 6) is 2.63. The Hall–Kier alpha value is -2.99. The Balaban J connectivity index is 0.00000387. The zero-order valence-electron chi connectivity index (χ0n) is 24.4. The van der Waals surface area contributed by atoms with Crippen LogP contribution in [-0.2, 0) is 11.2 Å². The Morgan fingerprint density at radius 2 is 1.66 bits per heavy atom. The second-order valence-corrected chi connectivity index (χ2v) is 12.1. The molecule has 0 bridgehead atoms. The van der Waals surface area contributed by atoms with Crippen molar-refractivity contribution in [2.75, 3.05) is 58.2 Å². The molecule has 0 spiro atoms. The first-order chi connectivity index (χ1) is 19.0. The lowest BCUT2D eigenvalue weighted by Crippen LogP contribution is -2.58. The molecule has 41 heavy (non-hydrogen) atoms. The van der Waals surface area contributed by atoms with Crippen molar-refractivity contribution in [1.29, 1.82) is 0 Å². The summed E-state index contributed by atoms with van der Waals surface area (Å²) in [7, 11) is 2.04. The van der Waals surface area contributed by atoms with Crippen LogP contribution in [-0.4, -0.2) is 101 Å². The van der Waals surface area contributed by atoms with Gasteiger partial charge in [-0.25, -0.2) is 9.59 Å². The molecule has 0 radical (unpaired) electrons. The number of amides is 3. The van der Waals surface area contributed by atoms with Crippen LogP contribution >= 0.6 is 12.4 Å². The molecule has 5 rings (SSSR count). The summed E-state index contributed by atoms with van der Waals surface area (Å²) in [6.07, 6.45) is 2.60. The predicted octanol–water partition coefficient (Wildman–Crippen LogP) is 1.40. The fourth-order valence-corrected chi connectivity index (χ4v) is 6.22. The average Bonchev–Trinajstić information content (AvgIpc) is 3.35. The Morgan fingerprint density at radius 1 is 1.05 bits per heavy atom. The van der Waals surface area contributed by atoms with E-state index in [1.165, 1.54) is 23.2 Å². The number of halogens is 1. The third-order valence-corrected chi connectivity index (χ3v) is 8.65. The first-order valence-electron chi connectivity index (χ1n) is 14.3. The molecule has 3 aliphatic rings. The second-order valence-electron chi connectivity index (χ2n) is 12.1. The molecule has 2 aromatic rings. The van der Waals surface area contributed by atoms with E-state index in [9.17, 15) is 14.4 Å². The van der Waals surface area contributed by atoms with Gasteiger partial charge in [-0.3, -0.25) is 19.6 Å². The van der Waals surface area contributed by atoms with Crippen molar-refractivity contribution in [3.63, 3.8) is 0 Å².